The average Bonchev–Trinajstić information content (AvgIpc) is 2.16. The van der Waals surface area contributed by atoms with E-state index < -0.39 is 11.9 Å². The van der Waals surface area contributed by atoms with Crippen LogP contribution in [0.1, 0.15) is 23.1 Å². The molecule has 16 heavy (non-hydrogen) atoms. The molecule has 0 aliphatic rings. The van der Waals surface area contributed by atoms with Crippen LogP contribution < -0.4 is 11.1 Å². The summed E-state index contributed by atoms with van der Waals surface area (Å²) in [6.07, 6.45) is 0.526. The summed E-state index contributed by atoms with van der Waals surface area (Å²) in [6, 6.07) is -0.649. The summed E-state index contributed by atoms with van der Waals surface area (Å²) in [7, 11) is 0. The molecule has 1 atom stereocenters. The monoisotopic (exact) mass is 242 g/mol. The molecule has 1 unspecified atom stereocenters. The third kappa shape index (κ3) is 2.66. The van der Waals surface area contributed by atoms with Crippen LogP contribution in [0.15, 0.2) is 0 Å². The third-order valence-electron chi connectivity index (χ3n) is 1.91. The maximum atomic E-state index is 10.9. The summed E-state index contributed by atoms with van der Waals surface area (Å²) in [5, 5.41) is 2.74. The summed E-state index contributed by atoms with van der Waals surface area (Å²) >= 11 is 5.76. The molecule has 0 aliphatic carbocycles. The first-order chi connectivity index (χ1) is 7.45. The molecule has 1 heterocycles. The minimum atomic E-state index is -0.649. The SMILES string of the molecule is Cc1nc(Cl)c(C=O)c(NC(C)C(N)=O)n1. The first-order valence-corrected chi connectivity index (χ1v) is 4.88. The molecule has 1 aromatic heterocycles. The zero-order chi connectivity index (χ0) is 12.3. The Morgan fingerprint density at radius 3 is 2.69 bits per heavy atom. The Bertz CT molecular complexity index is 436. The number of aldehydes is 1. The number of aromatic nitrogens is 2. The number of amides is 1. The number of aryl methyl sites for hydroxylation is 1. The van der Waals surface area contributed by atoms with Crippen molar-refractivity contribution in [1.29, 1.82) is 0 Å². The number of anilines is 1. The Kier molecular flexibility index (Phi) is 3.78. The first-order valence-electron chi connectivity index (χ1n) is 4.51. The zero-order valence-corrected chi connectivity index (χ0v) is 9.58. The van der Waals surface area contributed by atoms with Crippen LogP contribution in [0.2, 0.25) is 5.15 Å². The Balaban J connectivity index is 3.11. The highest BCUT2D eigenvalue weighted by Crippen LogP contribution is 2.19. The van der Waals surface area contributed by atoms with Gasteiger partial charge < -0.3 is 11.1 Å². The maximum absolute atomic E-state index is 10.9. The van der Waals surface area contributed by atoms with E-state index in [1.165, 1.54) is 0 Å². The highest BCUT2D eigenvalue weighted by Gasteiger charge is 2.15. The predicted molar refractivity (Wildman–Crippen MR) is 59.4 cm³/mol. The lowest BCUT2D eigenvalue weighted by atomic mass is 10.2. The van der Waals surface area contributed by atoms with Gasteiger partial charge in [-0.3, -0.25) is 9.59 Å². The topological polar surface area (TPSA) is 98.0 Å². The molecule has 1 aromatic rings. The Morgan fingerprint density at radius 2 is 2.19 bits per heavy atom. The lowest BCUT2D eigenvalue weighted by Gasteiger charge is -2.13. The van der Waals surface area contributed by atoms with Crippen molar-refractivity contribution < 1.29 is 9.59 Å². The zero-order valence-electron chi connectivity index (χ0n) is 8.82. The fraction of sp³-hybridized carbons (Fsp3) is 0.333. The van der Waals surface area contributed by atoms with Crippen LogP contribution in [0.3, 0.4) is 0 Å². The summed E-state index contributed by atoms with van der Waals surface area (Å²) < 4.78 is 0. The molecular weight excluding hydrogens is 232 g/mol. The Morgan fingerprint density at radius 1 is 1.56 bits per heavy atom. The summed E-state index contributed by atoms with van der Waals surface area (Å²) in [4.78, 5) is 29.5. The number of hydrogen-bond donors (Lipinski definition) is 2. The Labute approximate surface area is 97.2 Å². The van der Waals surface area contributed by atoms with Gasteiger partial charge in [-0.25, -0.2) is 9.97 Å². The standard InChI is InChI=1S/C9H11ClN4O2/c1-4(8(11)16)12-9-6(3-15)7(10)13-5(2)14-9/h3-4H,1-2H3,(H2,11,16)(H,12,13,14). The van der Waals surface area contributed by atoms with E-state index in [0.717, 1.165) is 0 Å². The molecule has 7 heteroatoms. The predicted octanol–water partition coefficient (Wildman–Crippen LogP) is 0.537. The molecule has 1 amide bonds. The van der Waals surface area contributed by atoms with Crippen LogP contribution in [0.4, 0.5) is 5.82 Å². The van der Waals surface area contributed by atoms with Crippen LogP contribution in [0, 0.1) is 6.92 Å². The van der Waals surface area contributed by atoms with E-state index in [2.05, 4.69) is 15.3 Å². The van der Waals surface area contributed by atoms with Crippen molar-refractivity contribution in [2.45, 2.75) is 19.9 Å². The van der Waals surface area contributed by atoms with Crippen molar-refractivity contribution in [3.05, 3.63) is 16.5 Å². The highest BCUT2D eigenvalue weighted by atomic mass is 35.5. The second kappa shape index (κ2) is 4.89. The van der Waals surface area contributed by atoms with Gasteiger partial charge in [-0.2, -0.15) is 0 Å². The quantitative estimate of drug-likeness (QED) is 0.593. The molecule has 0 radical (unpaired) electrons. The van der Waals surface area contributed by atoms with E-state index in [1.807, 2.05) is 0 Å². The fourth-order valence-corrected chi connectivity index (χ4v) is 1.29. The number of nitrogens with one attached hydrogen (secondary N) is 1. The molecular formula is C9H11ClN4O2. The van der Waals surface area contributed by atoms with E-state index in [-0.39, 0.29) is 16.5 Å². The molecule has 86 valence electrons. The van der Waals surface area contributed by atoms with E-state index in [0.29, 0.717) is 12.1 Å². The first kappa shape index (κ1) is 12.4. The number of primary amides is 1. The van der Waals surface area contributed by atoms with Gasteiger partial charge in [-0.05, 0) is 13.8 Å². The molecule has 0 spiro atoms. The van der Waals surface area contributed by atoms with Gasteiger partial charge in [0, 0.05) is 0 Å². The van der Waals surface area contributed by atoms with Gasteiger partial charge in [-0.15, -0.1) is 0 Å². The van der Waals surface area contributed by atoms with Gasteiger partial charge in [0.25, 0.3) is 0 Å². The molecule has 1 rings (SSSR count). The van der Waals surface area contributed by atoms with Crippen molar-refractivity contribution in [2.75, 3.05) is 5.32 Å². The molecule has 0 saturated carbocycles. The molecule has 3 N–H and O–H groups in total. The van der Waals surface area contributed by atoms with E-state index in [9.17, 15) is 9.59 Å². The second-order valence-electron chi connectivity index (χ2n) is 3.21. The van der Waals surface area contributed by atoms with Crippen molar-refractivity contribution >= 4 is 29.6 Å². The molecule has 0 bridgehead atoms. The highest BCUT2D eigenvalue weighted by molar-refractivity contribution is 6.32. The van der Waals surface area contributed by atoms with Gasteiger partial charge in [0.15, 0.2) is 6.29 Å². The van der Waals surface area contributed by atoms with Crippen LogP contribution in [0.5, 0.6) is 0 Å². The van der Waals surface area contributed by atoms with Crippen molar-refractivity contribution in [1.82, 2.24) is 9.97 Å². The van der Waals surface area contributed by atoms with Gasteiger partial charge >= 0.3 is 0 Å². The van der Waals surface area contributed by atoms with E-state index in [1.54, 1.807) is 13.8 Å². The number of carbonyl (C=O) groups is 2. The van der Waals surface area contributed by atoms with Gasteiger partial charge in [0.2, 0.25) is 5.91 Å². The molecule has 0 saturated heterocycles. The number of hydrogen-bond acceptors (Lipinski definition) is 5. The number of nitrogens with zero attached hydrogens (tertiary/aromatic N) is 2. The fourth-order valence-electron chi connectivity index (χ4n) is 1.04. The molecule has 0 aromatic carbocycles. The lowest BCUT2D eigenvalue weighted by molar-refractivity contribution is -0.118. The molecule has 0 aliphatic heterocycles. The number of carbonyl (C=O) groups excluding carboxylic acids is 2. The van der Waals surface area contributed by atoms with Crippen molar-refractivity contribution in [3.63, 3.8) is 0 Å². The minimum absolute atomic E-state index is 0.0432. The lowest BCUT2D eigenvalue weighted by Crippen LogP contribution is -2.33. The number of rotatable bonds is 4. The smallest absolute Gasteiger partial charge is 0.239 e. The van der Waals surface area contributed by atoms with Gasteiger partial charge in [-0.1, -0.05) is 11.6 Å². The average molecular weight is 243 g/mol. The normalized spacial score (nSPS) is 11.9. The Hall–Kier alpha value is -1.69. The van der Waals surface area contributed by atoms with Gasteiger partial charge in [0.05, 0.1) is 5.56 Å². The van der Waals surface area contributed by atoms with Crippen LogP contribution in [0.25, 0.3) is 0 Å². The van der Waals surface area contributed by atoms with Crippen molar-refractivity contribution in [2.24, 2.45) is 5.73 Å². The number of nitrogens with two attached hydrogens (primary N) is 1. The van der Waals surface area contributed by atoms with Crippen LogP contribution in [-0.2, 0) is 4.79 Å². The van der Waals surface area contributed by atoms with Crippen molar-refractivity contribution in [3.8, 4) is 0 Å². The van der Waals surface area contributed by atoms with Gasteiger partial charge in [0.1, 0.15) is 22.8 Å². The summed E-state index contributed by atoms with van der Waals surface area (Å²) in [5.74, 6) is 0.0535. The third-order valence-corrected chi connectivity index (χ3v) is 2.20. The summed E-state index contributed by atoms with van der Waals surface area (Å²) in [5.41, 5.74) is 5.20. The van der Waals surface area contributed by atoms with Crippen LogP contribution in [-0.4, -0.2) is 28.2 Å². The minimum Gasteiger partial charge on any atom is -0.368 e. The molecule has 6 nitrogen and oxygen atoms in total. The summed E-state index contributed by atoms with van der Waals surface area (Å²) in [6.45, 7) is 3.18. The maximum Gasteiger partial charge on any atom is 0.239 e. The molecule has 0 fully saturated rings. The van der Waals surface area contributed by atoms with Crippen LogP contribution >= 0.6 is 11.6 Å². The number of halogens is 1. The second-order valence-corrected chi connectivity index (χ2v) is 3.57. The van der Waals surface area contributed by atoms with E-state index in [4.69, 9.17) is 17.3 Å². The largest absolute Gasteiger partial charge is 0.368 e. The van der Waals surface area contributed by atoms with E-state index >= 15 is 0 Å².